The molecule has 0 saturated carbocycles. The molecule has 70 valence electrons. The van der Waals surface area contributed by atoms with Gasteiger partial charge >= 0.3 is 5.97 Å². The van der Waals surface area contributed by atoms with Gasteiger partial charge in [-0.25, -0.2) is 4.79 Å². The fourth-order valence-electron chi connectivity index (χ4n) is 0.959. The van der Waals surface area contributed by atoms with Crippen LogP contribution in [-0.4, -0.2) is 11.1 Å². The number of nitrogens with zero attached hydrogens (tertiary/aromatic N) is 1. The Hall–Kier alpha value is -1.60. The van der Waals surface area contributed by atoms with Gasteiger partial charge in [-0.1, -0.05) is 22.0 Å². The minimum absolute atomic E-state index is 0.442. The second-order valence-electron chi connectivity index (χ2n) is 2.48. The highest BCUT2D eigenvalue weighted by atomic mass is 79.9. The highest BCUT2D eigenvalue weighted by Gasteiger charge is 2.02. The molecule has 0 bridgehead atoms. The largest absolute Gasteiger partial charge is 0.478 e. The van der Waals surface area contributed by atoms with Crippen molar-refractivity contribution in [2.75, 3.05) is 0 Å². The summed E-state index contributed by atoms with van der Waals surface area (Å²) in [5.74, 6) is -1.04. The Kier molecular flexibility index (Phi) is 3.43. The fourth-order valence-corrected chi connectivity index (χ4v) is 1.46. The van der Waals surface area contributed by atoms with E-state index in [1.807, 2.05) is 6.07 Å². The van der Waals surface area contributed by atoms with Crippen LogP contribution >= 0.6 is 15.9 Å². The lowest BCUT2D eigenvalue weighted by Gasteiger charge is -1.99. The van der Waals surface area contributed by atoms with Gasteiger partial charge in [0.05, 0.1) is 11.6 Å². The summed E-state index contributed by atoms with van der Waals surface area (Å²) in [6.45, 7) is 0. The van der Waals surface area contributed by atoms with Crippen LogP contribution in [0.5, 0.6) is 0 Å². The number of hydrogen-bond donors (Lipinski definition) is 1. The molecule has 0 fully saturated rings. The van der Waals surface area contributed by atoms with Crippen molar-refractivity contribution in [1.82, 2.24) is 0 Å². The number of carbonyl (C=O) groups is 1. The first-order chi connectivity index (χ1) is 6.65. The van der Waals surface area contributed by atoms with E-state index in [1.165, 1.54) is 6.08 Å². The molecule has 1 N–H and O–H groups in total. The molecule has 0 saturated heterocycles. The van der Waals surface area contributed by atoms with Gasteiger partial charge < -0.3 is 5.11 Å². The Balaban J connectivity index is 3.19. The maximum atomic E-state index is 10.3. The zero-order chi connectivity index (χ0) is 10.6. The number of rotatable bonds is 2. The van der Waals surface area contributed by atoms with Gasteiger partial charge in [0, 0.05) is 16.1 Å². The predicted molar refractivity (Wildman–Crippen MR) is 55.5 cm³/mol. The van der Waals surface area contributed by atoms with Crippen molar-refractivity contribution in [2.24, 2.45) is 0 Å². The van der Waals surface area contributed by atoms with Gasteiger partial charge in [-0.05, 0) is 18.2 Å². The van der Waals surface area contributed by atoms with Crippen LogP contribution in [0, 0.1) is 11.3 Å². The molecule has 0 spiro atoms. The van der Waals surface area contributed by atoms with E-state index in [4.69, 9.17) is 10.4 Å². The first kappa shape index (κ1) is 10.5. The SMILES string of the molecule is N#Cc1cccc(Br)c1/C=C/C(=O)O. The highest BCUT2D eigenvalue weighted by molar-refractivity contribution is 9.10. The molecule has 0 radical (unpaired) electrons. The second-order valence-corrected chi connectivity index (χ2v) is 3.34. The molecule has 0 aliphatic heterocycles. The van der Waals surface area contributed by atoms with Crippen molar-refractivity contribution >= 4 is 28.0 Å². The minimum atomic E-state index is -1.04. The number of carboxylic acids is 1. The monoisotopic (exact) mass is 251 g/mol. The molecule has 0 aliphatic carbocycles. The maximum absolute atomic E-state index is 10.3. The number of benzene rings is 1. The van der Waals surface area contributed by atoms with Crippen LogP contribution in [0.15, 0.2) is 28.7 Å². The highest BCUT2D eigenvalue weighted by Crippen LogP contribution is 2.21. The lowest BCUT2D eigenvalue weighted by Crippen LogP contribution is -1.88. The first-order valence-electron chi connectivity index (χ1n) is 3.75. The zero-order valence-corrected chi connectivity index (χ0v) is 8.65. The van der Waals surface area contributed by atoms with E-state index in [9.17, 15) is 4.79 Å². The number of nitriles is 1. The number of aliphatic carboxylic acids is 1. The average molecular weight is 252 g/mol. The Morgan fingerprint density at radius 3 is 2.86 bits per heavy atom. The van der Waals surface area contributed by atoms with Gasteiger partial charge in [-0.3, -0.25) is 0 Å². The molecule has 0 aliphatic rings. The molecule has 3 nitrogen and oxygen atoms in total. The van der Waals surface area contributed by atoms with Gasteiger partial charge in [0.2, 0.25) is 0 Å². The normalized spacial score (nSPS) is 10.0. The number of carboxylic acid groups (broad SMARTS) is 1. The molecule has 1 rings (SSSR count). The Labute approximate surface area is 89.4 Å². The molecular weight excluding hydrogens is 246 g/mol. The van der Waals surface area contributed by atoms with Crippen LogP contribution in [0.2, 0.25) is 0 Å². The van der Waals surface area contributed by atoms with E-state index in [1.54, 1.807) is 18.2 Å². The van der Waals surface area contributed by atoms with Crippen LogP contribution in [0.25, 0.3) is 6.08 Å². The summed E-state index contributed by atoms with van der Waals surface area (Å²) in [6, 6.07) is 7.09. The molecule has 1 aromatic carbocycles. The van der Waals surface area contributed by atoms with Gasteiger partial charge in [0.1, 0.15) is 0 Å². The van der Waals surface area contributed by atoms with E-state index >= 15 is 0 Å². The summed E-state index contributed by atoms with van der Waals surface area (Å²) in [7, 11) is 0. The summed E-state index contributed by atoms with van der Waals surface area (Å²) in [6.07, 6.45) is 2.39. The zero-order valence-electron chi connectivity index (χ0n) is 7.07. The van der Waals surface area contributed by atoms with E-state index < -0.39 is 5.97 Å². The summed E-state index contributed by atoms with van der Waals surface area (Å²) in [5.41, 5.74) is 1.02. The summed E-state index contributed by atoms with van der Waals surface area (Å²) in [5, 5.41) is 17.2. The van der Waals surface area contributed by atoms with Crippen LogP contribution in [0.1, 0.15) is 11.1 Å². The molecule has 0 atom stereocenters. The lowest BCUT2D eigenvalue weighted by atomic mass is 10.1. The third kappa shape index (κ3) is 2.44. The summed E-state index contributed by atoms with van der Waals surface area (Å²) in [4.78, 5) is 10.3. The number of hydrogen-bond acceptors (Lipinski definition) is 2. The molecule has 0 aromatic heterocycles. The van der Waals surface area contributed by atoms with Crippen molar-refractivity contribution in [3.05, 3.63) is 39.9 Å². The van der Waals surface area contributed by atoms with Crippen molar-refractivity contribution in [3.63, 3.8) is 0 Å². The van der Waals surface area contributed by atoms with Gasteiger partial charge in [0.25, 0.3) is 0 Å². The van der Waals surface area contributed by atoms with E-state index in [0.29, 0.717) is 15.6 Å². The van der Waals surface area contributed by atoms with Crippen LogP contribution in [0.4, 0.5) is 0 Å². The summed E-state index contributed by atoms with van der Waals surface area (Å²) < 4.78 is 0.703. The van der Waals surface area contributed by atoms with Crippen LogP contribution in [0.3, 0.4) is 0 Å². The predicted octanol–water partition coefficient (Wildman–Crippen LogP) is 2.42. The molecule has 0 unspecified atom stereocenters. The minimum Gasteiger partial charge on any atom is -0.478 e. The average Bonchev–Trinajstić information content (AvgIpc) is 2.15. The molecule has 0 amide bonds. The Morgan fingerprint density at radius 1 is 1.57 bits per heavy atom. The third-order valence-electron chi connectivity index (χ3n) is 1.57. The second kappa shape index (κ2) is 4.58. The molecule has 14 heavy (non-hydrogen) atoms. The van der Waals surface area contributed by atoms with E-state index in [0.717, 1.165) is 6.08 Å². The van der Waals surface area contributed by atoms with E-state index in [-0.39, 0.29) is 0 Å². The quantitative estimate of drug-likeness (QED) is 0.822. The van der Waals surface area contributed by atoms with Crippen molar-refractivity contribution in [2.45, 2.75) is 0 Å². The van der Waals surface area contributed by atoms with Crippen LogP contribution < -0.4 is 0 Å². The molecule has 4 heteroatoms. The smallest absolute Gasteiger partial charge is 0.328 e. The maximum Gasteiger partial charge on any atom is 0.328 e. The Bertz CT molecular complexity index is 432. The molecular formula is C10H6BrNO2. The molecule has 1 aromatic rings. The van der Waals surface area contributed by atoms with Crippen LogP contribution in [-0.2, 0) is 4.79 Å². The van der Waals surface area contributed by atoms with Gasteiger partial charge in [0.15, 0.2) is 0 Å². The topological polar surface area (TPSA) is 61.1 Å². The fraction of sp³-hybridized carbons (Fsp3) is 0. The standard InChI is InChI=1S/C10H6BrNO2/c11-9-3-1-2-7(6-12)8(9)4-5-10(13)14/h1-5H,(H,13,14)/b5-4+. The Morgan fingerprint density at radius 2 is 2.29 bits per heavy atom. The first-order valence-corrected chi connectivity index (χ1v) is 4.54. The molecule has 0 heterocycles. The number of halogens is 1. The van der Waals surface area contributed by atoms with Crippen molar-refractivity contribution < 1.29 is 9.90 Å². The van der Waals surface area contributed by atoms with E-state index in [2.05, 4.69) is 15.9 Å². The van der Waals surface area contributed by atoms with Crippen molar-refractivity contribution in [1.29, 1.82) is 5.26 Å². The summed E-state index contributed by atoms with van der Waals surface area (Å²) >= 11 is 3.24. The van der Waals surface area contributed by atoms with Crippen molar-refractivity contribution in [3.8, 4) is 6.07 Å². The van der Waals surface area contributed by atoms with Gasteiger partial charge in [-0.15, -0.1) is 0 Å². The van der Waals surface area contributed by atoms with Gasteiger partial charge in [-0.2, -0.15) is 5.26 Å². The lowest BCUT2D eigenvalue weighted by molar-refractivity contribution is -0.131. The third-order valence-corrected chi connectivity index (χ3v) is 2.26.